The van der Waals surface area contributed by atoms with E-state index in [2.05, 4.69) is 4.98 Å². The predicted octanol–water partition coefficient (Wildman–Crippen LogP) is 1.91. The van der Waals surface area contributed by atoms with Gasteiger partial charge in [-0.15, -0.1) is 0 Å². The lowest BCUT2D eigenvalue weighted by Gasteiger charge is -2.10. The average Bonchev–Trinajstić information content (AvgIpc) is 2.26. The zero-order valence-corrected chi connectivity index (χ0v) is 8.12. The second-order valence-electron chi connectivity index (χ2n) is 2.55. The highest BCUT2D eigenvalue weighted by Crippen LogP contribution is 2.33. The molecule has 0 radical (unpaired) electrons. The molecule has 0 aliphatic heterocycles. The maximum Gasteiger partial charge on any atom is 0.267 e. The minimum atomic E-state index is -2.75. The molecule has 6 heteroatoms. The number of nitriles is 1. The van der Waals surface area contributed by atoms with Crippen molar-refractivity contribution in [3.8, 4) is 17.7 Å². The van der Waals surface area contributed by atoms with E-state index in [0.717, 1.165) is 6.07 Å². The van der Waals surface area contributed by atoms with E-state index in [0.29, 0.717) is 0 Å². The van der Waals surface area contributed by atoms with Crippen LogP contribution in [0.1, 0.15) is 17.7 Å². The van der Waals surface area contributed by atoms with Crippen molar-refractivity contribution in [3.63, 3.8) is 0 Å². The van der Waals surface area contributed by atoms with Crippen LogP contribution in [-0.2, 0) is 0 Å². The fourth-order valence-electron chi connectivity index (χ4n) is 1.09. The van der Waals surface area contributed by atoms with Crippen molar-refractivity contribution in [2.24, 2.45) is 0 Å². The van der Waals surface area contributed by atoms with Crippen molar-refractivity contribution in [2.45, 2.75) is 6.43 Å². The van der Waals surface area contributed by atoms with Crippen LogP contribution in [0.4, 0.5) is 8.78 Å². The molecule has 1 rings (SSSR count). The topological polar surface area (TPSA) is 55.1 Å². The van der Waals surface area contributed by atoms with Crippen LogP contribution in [0.2, 0.25) is 0 Å². The Balaban J connectivity index is 3.41. The molecule has 0 fully saturated rings. The lowest BCUT2D eigenvalue weighted by atomic mass is 10.2. The van der Waals surface area contributed by atoms with Gasteiger partial charge in [0.25, 0.3) is 6.43 Å². The normalized spacial score (nSPS) is 9.87. The summed E-state index contributed by atoms with van der Waals surface area (Å²) in [5.41, 5.74) is -0.618. The Kier molecular flexibility index (Phi) is 3.39. The van der Waals surface area contributed by atoms with Crippen molar-refractivity contribution in [1.82, 2.24) is 4.98 Å². The number of hydrogen-bond acceptors (Lipinski definition) is 4. The first kappa shape index (κ1) is 11.2. The molecule has 1 aromatic rings. The summed E-state index contributed by atoms with van der Waals surface area (Å²) in [6, 6.07) is 2.71. The lowest BCUT2D eigenvalue weighted by molar-refractivity contribution is 0.146. The third-order valence-corrected chi connectivity index (χ3v) is 1.73. The van der Waals surface area contributed by atoms with Crippen molar-refractivity contribution in [3.05, 3.63) is 17.3 Å². The Morgan fingerprint density at radius 2 is 2.07 bits per heavy atom. The van der Waals surface area contributed by atoms with Gasteiger partial charge in [0.2, 0.25) is 5.88 Å². The van der Waals surface area contributed by atoms with Crippen LogP contribution >= 0.6 is 0 Å². The van der Waals surface area contributed by atoms with E-state index in [1.807, 2.05) is 0 Å². The van der Waals surface area contributed by atoms with Crippen LogP contribution in [0.3, 0.4) is 0 Å². The summed E-state index contributed by atoms with van der Waals surface area (Å²) in [5, 5.41) is 8.68. The summed E-state index contributed by atoms with van der Waals surface area (Å²) >= 11 is 0. The van der Waals surface area contributed by atoms with E-state index in [1.165, 1.54) is 14.2 Å². The van der Waals surface area contributed by atoms with E-state index >= 15 is 0 Å². The molecule has 80 valence electrons. The summed E-state index contributed by atoms with van der Waals surface area (Å²) in [7, 11) is 2.49. The Bertz CT molecular complexity index is 402. The first-order chi connectivity index (χ1) is 7.13. The molecule has 0 atom stereocenters. The Hall–Kier alpha value is -1.90. The highest BCUT2D eigenvalue weighted by Gasteiger charge is 2.20. The third kappa shape index (κ3) is 2.13. The van der Waals surface area contributed by atoms with Crippen LogP contribution in [0.25, 0.3) is 0 Å². The van der Waals surface area contributed by atoms with Gasteiger partial charge in [-0.1, -0.05) is 0 Å². The number of pyridine rings is 1. The maximum absolute atomic E-state index is 12.6. The van der Waals surface area contributed by atoms with Gasteiger partial charge in [0.15, 0.2) is 11.4 Å². The molecule has 0 aromatic carbocycles. The molecule has 15 heavy (non-hydrogen) atoms. The Morgan fingerprint density at radius 1 is 1.40 bits per heavy atom. The molecule has 0 amide bonds. The Morgan fingerprint density at radius 3 is 2.47 bits per heavy atom. The SMILES string of the molecule is COc1cc(C(F)F)c(OC)c(C#N)n1. The molecule has 1 aromatic heterocycles. The summed E-state index contributed by atoms with van der Waals surface area (Å²) in [5.74, 6) is -0.254. The van der Waals surface area contributed by atoms with Crippen molar-refractivity contribution < 1.29 is 18.3 Å². The van der Waals surface area contributed by atoms with E-state index in [1.54, 1.807) is 6.07 Å². The molecule has 1 heterocycles. The van der Waals surface area contributed by atoms with Gasteiger partial charge < -0.3 is 9.47 Å². The quantitative estimate of drug-likeness (QED) is 0.771. The molecule has 0 saturated carbocycles. The van der Waals surface area contributed by atoms with Gasteiger partial charge >= 0.3 is 0 Å². The van der Waals surface area contributed by atoms with E-state index in [9.17, 15) is 8.78 Å². The Labute approximate surface area is 85.1 Å². The van der Waals surface area contributed by atoms with Gasteiger partial charge in [-0.2, -0.15) is 10.2 Å². The van der Waals surface area contributed by atoms with Crippen LogP contribution in [0, 0.1) is 11.3 Å². The van der Waals surface area contributed by atoms with Crippen LogP contribution in [-0.4, -0.2) is 19.2 Å². The second kappa shape index (κ2) is 4.55. The zero-order valence-electron chi connectivity index (χ0n) is 8.12. The number of alkyl halides is 2. The number of halogens is 2. The average molecular weight is 214 g/mol. The number of aromatic nitrogens is 1. The molecule has 0 aliphatic rings. The van der Waals surface area contributed by atoms with Crippen LogP contribution in [0.15, 0.2) is 6.07 Å². The standard InChI is InChI=1S/C9H8F2N2O2/c1-14-7-3-5(9(10)11)8(15-2)6(4-12)13-7/h3,9H,1-2H3. The predicted molar refractivity (Wildman–Crippen MR) is 47.0 cm³/mol. The first-order valence-corrected chi connectivity index (χ1v) is 3.95. The monoisotopic (exact) mass is 214 g/mol. The van der Waals surface area contributed by atoms with Gasteiger partial charge in [0.05, 0.1) is 19.8 Å². The molecule has 0 bridgehead atoms. The van der Waals surface area contributed by atoms with Crippen molar-refractivity contribution in [1.29, 1.82) is 5.26 Å². The number of ether oxygens (including phenoxy) is 2. The summed E-state index contributed by atoms with van der Waals surface area (Å²) in [4.78, 5) is 3.68. The van der Waals surface area contributed by atoms with Gasteiger partial charge in [-0.3, -0.25) is 0 Å². The fourth-order valence-corrected chi connectivity index (χ4v) is 1.09. The van der Waals surface area contributed by atoms with Crippen molar-refractivity contribution >= 4 is 0 Å². The summed E-state index contributed by atoms with van der Waals surface area (Å²) in [6.45, 7) is 0. The number of nitrogens with zero attached hydrogens (tertiary/aromatic N) is 2. The largest absolute Gasteiger partial charge is 0.493 e. The molecular formula is C9H8F2N2O2. The van der Waals surface area contributed by atoms with E-state index in [4.69, 9.17) is 14.7 Å². The molecule has 0 saturated heterocycles. The highest BCUT2D eigenvalue weighted by atomic mass is 19.3. The molecule has 0 spiro atoms. The minimum absolute atomic E-state index is 0.0392. The summed E-state index contributed by atoms with van der Waals surface area (Å²) in [6.07, 6.45) is -2.75. The third-order valence-electron chi connectivity index (χ3n) is 1.73. The zero-order chi connectivity index (χ0) is 11.4. The molecule has 0 unspecified atom stereocenters. The number of hydrogen-bond donors (Lipinski definition) is 0. The van der Waals surface area contributed by atoms with Gasteiger partial charge in [0.1, 0.15) is 6.07 Å². The van der Waals surface area contributed by atoms with Crippen LogP contribution < -0.4 is 9.47 Å². The number of rotatable bonds is 3. The van der Waals surface area contributed by atoms with Gasteiger partial charge in [-0.25, -0.2) is 8.78 Å². The van der Waals surface area contributed by atoms with Gasteiger partial charge in [-0.05, 0) is 0 Å². The lowest BCUT2D eigenvalue weighted by Crippen LogP contribution is -2.00. The van der Waals surface area contributed by atoms with Gasteiger partial charge in [0, 0.05) is 6.07 Å². The molecule has 4 nitrogen and oxygen atoms in total. The van der Waals surface area contributed by atoms with E-state index < -0.39 is 12.0 Å². The van der Waals surface area contributed by atoms with Crippen LogP contribution in [0.5, 0.6) is 11.6 Å². The summed E-state index contributed by atoms with van der Waals surface area (Å²) < 4.78 is 34.6. The minimum Gasteiger partial charge on any atom is -0.493 e. The molecule has 0 N–H and O–H groups in total. The maximum atomic E-state index is 12.6. The smallest absolute Gasteiger partial charge is 0.267 e. The fraction of sp³-hybridized carbons (Fsp3) is 0.333. The van der Waals surface area contributed by atoms with E-state index in [-0.39, 0.29) is 17.3 Å². The molecular weight excluding hydrogens is 206 g/mol. The first-order valence-electron chi connectivity index (χ1n) is 3.95. The highest BCUT2D eigenvalue weighted by molar-refractivity contribution is 5.47. The number of methoxy groups -OCH3 is 2. The van der Waals surface area contributed by atoms with Crippen molar-refractivity contribution in [2.75, 3.05) is 14.2 Å². The molecule has 0 aliphatic carbocycles. The second-order valence-corrected chi connectivity index (χ2v) is 2.55.